The van der Waals surface area contributed by atoms with E-state index in [9.17, 15) is 8.42 Å². The van der Waals surface area contributed by atoms with E-state index < -0.39 is 10.0 Å². The minimum atomic E-state index is -3.60. The van der Waals surface area contributed by atoms with Gasteiger partial charge in [0.15, 0.2) is 0 Å². The van der Waals surface area contributed by atoms with Crippen molar-refractivity contribution in [2.45, 2.75) is 30.8 Å². The highest BCUT2D eigenvalue weighted by Crippen LogP contribution is 2.18. The molecule has 0 spiro atoms. The summed E-state index contributed by atoms with van der Waals surface area (Å²) < 4.78 is 29.1. The van der Waals surface area contributed by atoms with Crippen LogP contribution in [-0.2, 0) is 23.6 Å². The van der Waals surface area contributed by atoms with Gasteiger partial charge in [0.25, 0.3) is 0 Å². The van der Waals surface area contributed by atoms with Gasteiger partial charge < -0.3 is 15.3 Å². The van der Waals surface area contributed by atoms with E-state index >= 15 is 0 Å². The van der Waals surface area contributed by atoms with Crippen molar-refractivity contribution >= 4 is 10.0 Å². The van der Waals surface area contributed by atoms with Crippen LogP contribution in [0.15, 0.2) is 29.6 Å². The molecule has 0 aliphatic carbocycles. The summed E-state index contributed by atoms with van der Waals surface area (Å²) >= 11 is 0. The highest BCUT2D eigenvalue weighted by atomic mass is 32.2. The molecule has 0 saturated heterocycles. The van der Waals surface area contributed by atoms with Crippen LogP contribution in [-0.4, -0.2) is 23.0 Å². The van der Waals surface area contributed by atoms with Gasteiger partial charge in [-0.05, 0) is 12.5 Å². The van der Waals surface area contributed by atoms with Crippen LogP contribution in [0.5, 0.6) is 0 Å². The van der Waals surface area contributed by atoms with Gasteiger partial charge in [-0.1, -0.05) is 6.92 Å². The molecule has 4 N–H and O–H groups in total. The van der Waals surface area contributed by atoms with Gasteiger partial charge >= 0.3 is 0 Å². The van der Waals surface area contributed by atoms with Gasteiger partial charge in [0.1, 0.15) is 5.82 Å². The van der Waals surface area contributed by atoms with Crippen molar-refractivity contribution in [1.82, 2.24) is 19.3 Å². The summed E-state index contributed by atoms with van der Waals surface area (Å²) in [6.07, 6.45) is 5.42. The van der Waals surface area contributed by atoms with Gasteiger partial charge in [-0.25, -0.2) is 18.1 Å². The molecule has 1 atom stereocenters. The first-order valence-corrected chi connectivity index (χ1v) is 7.83. The van der Waals surface area contributed by atoms with Gasteiger partial charge in [-0.2, -0.15) is 0 Å². The number of rotatable bonds is 6. The summed E-state index contributed by atoms with van der Waals surface area (Å²) in [5.41, 5.74) is 6.32. The van der Waals surface area contributed by atoms with Crippen LogP contribution in [0.4, 0.5) is 0 Å². The normalized spacial score (nSPS) is 13.6. The van der Waals surface area contributed by atoms with E-state index in [1.807, 2.05) is 6.92 Å². The lowest BCUT2D eigenvalue weighted by Gasteiger charge is -2.14. The standard InChI is InChI=1S/C12H19N5O2S/c1-3-11(12-14-4-5-15-12)16-20(18,19)10-6-9(7-13)17(2)8-10/h4-6,8,11,16H,3,7,13H2,1-2H3,(H,14,15). The van der Waals surface area contributed by atoms with Crippen LogP contribution in [0.2, 0.25) is 0 Å². The fourth-order valence-corrected chi connectivity index (χ4v) is 3.36. The lowest BCUT2D eigenvalue weighted by molar-refractivity contribution is 0.539. The lowest BCUT2D eigenvalue weighted by atomic mass is 10.2. The maximum atomic E-state index is 12.4. The second kappa shape index (κ2) is 5.78. The number of nitrogens with one attached hydrogen (secondary N) is 2. The zero-order valence-corrected chi connectivity index (χ0v) is 12.3. The van der Waals surface area contributed by atoms with E-state index in [-0.39, 0.29) is 10.9 Å². The van der Waals surface area contributed by atoms with Crippen LogP contribution in [0, 0.1) is 0 Å². The van der Waals surface area contributed by atoms with Gasteiger partial charge in [0.2, 0.25) is 10.0 Å². The number of hydrogen-bond acceptors (Lipinski definition) is 4. The first-order chi connectivity index (χ1) is 9.47. The van der Waals surface area contributed by atoms with Crippen LogP contribution >= 0.6 is 0 Å². The molecule has 0 fully saturated rings. The van der Waals surface area contributed by atoms with Crippen molar-refractivity contribution in [3.63, 3.8) is 0 Å². The average molecular weight is 297 g/mol. The average Bonchev–Trinajstić information content (AvgIpc) is 3.05. The summed E-state index contributed by atoms with van der Waals surface area (Å²) in [5, 5.41) is 0. The largest absolute Gasteiger partial charge is 0.352 e. The number of hydrogen-bond donors (Lipinski definition) is 3. The Morgan fingerprint density at radius 1 is 1.55 bits per heavy atom. The van der Waals surface area contributed by atoms with Crippen molar-refractivity contribution in [3.05, 3.63) is 36.2 Å². The Morgan fingerprint density at radius 3 is 2.80 bits per heavy atom. The van der Waals surface area contributed by atoms with Crippen molar-refractivity contribution in [3.8, 4) is 0 Å². The molecular weight excluding hydrogens is 278 g/mol. The number of nitrogens with two attached hydrogens (primary N) is 1. The number of sulfonamides is 1. The van der Waals surface area contributed by atoms with Crippen molar-refractivity contribution in [2.75, 3.05) is 0 Å². The fraction of sp³-hybridized carbons (Fsp3) is 0.417. The van der Waals surface area contributed by atoms with Gasteiger partial charge in [-0.3, -0.25) is 0 Å². The zero-order chi connectivity index (χ0) is 14.8. The molecule has 0 radical (unpaired) electrons. The summed E-state index contributed by atoms with van der Waals surface area (Å²) in [7, 11) is -1.83. The molecule has 20 heavy (non-hydrogen) atoms. The monoisotopic (exact) mass is 297 g/mol. The number of imidazole rings is 1. The molecule has 8 heteroatoms. The highest BCUT2D eigenvalue weighted by molar-refractivity contribution is 7.89. The molecule has 2 rings (SSSR count). The van der Waals surface area contributed by atoms with Crippen molar-refractivity contribution in [1.29, 1.82) is 0 Å². The number of aromatic amines is 1. The molecule has 110 valence electrons. The third-order valence-corrected chi connectivity index (χ3v) is 4.60. The SMILES string of the molecule is CCC(NS(=O)(=O)c1cc(CN)n(C)c1)c1ncc[nH]1. The van der Waals surface area contributed by atoms with Crippen molar-refractivity contribution in [2.24, 2.45) is 12.8 Å². The molecular formula is C12H19N5O2S. The summed E-state index contributed by atoms with van der Waals surface area (Å²) in [4.78, 5) is 7.24. The van der Waals surface area contributed by atoms with E-state index in [0.29, 0.717) is 18.8 Å². The van der Waals surface area contributed by atoms with Gasteiger partial charge in [0, 0.05) is 37.9 Å². The predicted octanol–water partition coefficient (Wildman–Crippen LogP) is 0.636. The topological polar surface area (TPSA) is 106 Å². The van der Waals surface area contributed by atoms with Crippen LogP contribution in [0.3, 0.4) is 0 Å². The third-order valence-electron chi connectivity index (χ3n) is 3.16. The molecule has 2 heterocycles. The maximum Gasteiger partial charge on any atom is 0.242 e. The molecule has 0 bridgehead atoms. The van der Waals surface area contributed by atoms with E-state index in [2.05, 4.69) is 14.7 Å². The smallest absolute Gasteiger partial charge is 0.242 e. The highest BCUT2D eigenvalue weighted by Gasteiger charge is 2.23. The molecule has 0 saturated carbocycles. The lowest BCUT2D eigenvalue weighted by Crippen LogP contribution is -2.28. The molecule has 2 aromatic rings. The Morgan fingerprint density at radius 2 is 2.30 bits per heavy atom. The van der Waals surface area contributed by atoms with Crippen LogP contribution < -0.4 is 10.5 Å². The minimum Gasteiger partial charge on any atom is -0.352 e. The zero-order valence-electron chi connectivity index (χ0n) is 11.5. The number of aromatic nitrogens is 3. The number of H-pyrrole nitrogens is 1. The first kappa shape index (κ1) is 14.8. The molecule has 0 aromatic carbocycles. The van der Waals surface area contributed by atoms with E-state index in [1.54, 1.807) is 36.3 Å². The van der Waals surface area contributed by atoms with E-state index in [1.165, 1.54) is 0 Å². The maximum absolute atomic E-state index is 12.4. The Kier molecular flexibility index (Phi) is 4.26. The summed E-state index contributed by atoms with van der Waals surface area (Å²) in [6, 6.07) is 1.20. The predicted molar refractivity (Wildman–Crippen MR) is 75.2 cm³/mol. The second-order valence-corrected chi connectivity index (χ2v) is 6.25. The van der Waals surface area contributed by atoms with Gasteiger partial charge in [0.05, 0.1) is 10.9 Å². The summed E-state index contributed by atoms with van der Waals surface area (Å²) in [6.45, 7) is 2.19. The van der Waals surface area contributed by atoms with Crippen LogP contribution in [0.1, 0.15) is 30.9 Å². The minimum absolute atomic E-state index is 0.213. The number of nitrogens with zero attached hydrogens (tertiary/aromatic N) is 2. The van der Waals surface area contributed by atoms with E-state index in [4.69, 9.17) is 5.73 Å². The molecule has 0 aliphatic rings. The Bertz CT molecular complexity index is 660. The molecule has 0 amide bonds. The fourth-order valence-electron chi connectivity index (χ4n) is 1.98. The van der Waals surface area contributed by atoms with Gasteiger partial charge in [-0.15, -0.1) is 0 Å². The Hall–Kier alpha value is -1.64. The van der Waals surface area contributed by atoms with Crippen LogP contribution in [0.25, 0.3) is 0 Å². The quantitative estimate of drug-likeness (QED) is 0.727. The molecule has 0 aliphatic heterocycles. The molecule has 2 aromatic heterocycles. The molecule has 1 unspecified atom stereocenters. The second-order valence-electron chi connectivity index (χ2n) is 4.54. The van der Waals surface area contributed by atoms with Crippen molar-refractivity contribution < 1.29 is 8.42 Å². The number of aryl methyl sites for hydroxylation is 1. The van der Waals surface area contributed by atoms with E-state index in [0.717, 1.165) is 5.69 Å². The summed E-state index contributed by atoms with van der Waals surface area (Å²) in [5.74, 6) is 0.603. The Balaban J connectivity index is 2.25. The third kappa shape index (κ3) is 2.92. The Labute approximate surface area is 118 Å². The first-order valence-electron chi connectivity index (χ1n) is 6.34. The molecule has 7 nitrogen and oxygen atoms in total.